The first-order valence-corrected chi connectivity index (χ1v) is 10.8. The largest absolute Gasteiger partial charge is 0.353 e. The zero-order valence-electron chi connectivity index (χ0n) is 15.7. The van der Waals surface area contributed by atoms with Crippen molar-refractivity contribution in [2.24, 2.45) is 11.8 Å². The van der Waals surface area contributed by atoms with Crippen molar-refractivity contribution >= 4 is 11.8 Å². The Kier molecular flexibility index (Phi) is 7.18. The molecule has 142 valence electrons. The summed E-state index contributed by atoms with van der Waals surface area (Å²) < 4.78 is 0. The fourth-order valence-electron chi connectivity index (χ4n) is 4.93. The van der Waals surface area contributed by atoms with Crippen molar-refractivity contribution in [2.75, 3.05) is 0 Å². The molecule has 0 unspecified atom stereocenters. The molecule has 3 rings (SSSR count). The van der Waals surface area contributed by atoms with E-state index in [1.807, 2.05) is 0 Å². The molecule has 4 nitrogen and oxygen atoms in total. The van der Waals surface area contributed by atoms with Crippen LogP contribution < -0.4 is 10.6 Å². The zero-order valence-corrected chi connectivity index (χ0v) is 15.7. The van der Waals surface area contributed by atoms with Crippen LogP contribution in [0, 0.1) is 11.8 Å². The van der Waals surface area contributed by atoms with Gasteiger partial charge in [-0.3, -0.25) is 9.59 Å². The minimum absolute atomic E-state index is 0.127. The lowest BCUT2D eigenvalue weighted by Gasteiger charge is -2.30. The Bertz CT molecular complexity index is 429. The summed E-state index contributed by atoms with van der Waals surface area (Å²) in [5.74, 6) is 0.749. The summed E-state index contributed by atoms with van der Waals surface area (Å²) in [4.78, 5) is 25.0. The summed E-state index contributed by atoms with van der Waals surface area (Å²) in [7, 11) is 0. The minimum Gasteiger partial charge on any atom is -0.353 e. The highest BCUT2D eigenvalue weighted by atomic mass is 16.2. The lowest BCUT2D eigenvalue weighted by molar-refractivity contribution is -0.131. The van der Waals surface area contributed by atoms with Crippen LogP contribution in [0.15, 0.2) is 0 Å². The predicted octanol–water partition coefficient (Wildman–Crippen LogP) is 4.08. The molecule has 3 saturated carbocycles. The third kappa shape index (κ3) is 5.72. The maximum atomic E-state index is 12.6. The third-order valence-corrected chi connectivity index (χ3v) is 6.62. The summed E-state index contributed by atoms with van der Waals surface area (Å²) in [5.41, 5.74) is 0. The maximum Gasteiger partial charge on any atom is 0.223 e. The average Bonchev–Trinajstić information content (AvgIpc) is 2.91. The number of carbonyl (C=O) groups is 2. The minimum atomic E-state index is 0.127. The number of hydrogen-bond donors (Lipinski definition) is 2. The monoisotopic (exact) mass is 348 g/mol. The first-order valence-electron chi connectivity index (χ1n) is 10.8. The van der Waals surface area contributed by atoms with Crippen molar-refractivity contribution in [1.29, 1.82) is 0 Å². The van der Waals surface area contributed by atoms with Gasteiger partial charge < -0.3 is 10.6 Å². The van der Waals surface area contributed by atoms with Gasteiger partial charge in [0, 0.05) is 23.9 Å². The lowest BCUT2D eigenvalue weighted by Crippen LogP contribution is -2.43. The molecule has 0 aromatic rings. The molecule has 3 fully saturated rings. The molecule has 0 aromatic carbocycles. The van der Waals surface area contributed by atoms with Gasteiger partial charge in [0.15, 0.2) is 0 Å². The average molecular weight is 349 g/mol. The summed E-state index contributed by atoms with van der Waals surface area (Å²) >= 11 is 0. The lowest BCUT2D eigenvalue weighted by atomic mass is 9.80. The molecule has 4 heteroatoms. The number of rotatable bonds is 4. The van der Waals surface area contributed by atoms with Crippen molar-refractivity contribution in [3.05, 3.63) is 0 Å². The van der Waals surface area contributed by atoms with Crippen molar-refractivity contribution < 1.29 is 9.59 Å². The van der Waals surface area contributed by atoms with Crippen LogP contribution in [0.2, 0.25) is 0 Å². The van der Waals surface area contributed by atoms with E-state index in [-0.39, 0.29) is 23.7 Å². The Morgan fingerprint density at radius 1 is 0.480 bits per heavy atom. The van der Waals surface area contributed by atoms with E-state index in [0.717, 1.165) is 51.4 Å². The number of amides is 2. The standard InChI is InChI=1S/C21H36N2O2/c24-20(22-18-8-4-1-2-5-9-18)16-12-14-17(15-13-16)21(25)23-19-10-6-3-7-11-19/h16-19H,1-15H2,(H,22,24)(H,23,25). The molecule has 3 aliphatic rings. The molecule has 0 spiro atoms. The van der Waals surface area contributed by atoms with Gasteiger partial charge in [0.25, 0.3) is 0 Å². The highest BCUT2D eigenvalue weighted by Crippen LogP contribution is 2.30. The second-order valence-electron chi connectivity index (χ2n) is 8.59. The van der Waals surface area contributed by atoms with Crippen molar-refractivity contribution in [2.45, 2.75) is 108 Å². The van der Waals surface area contributed by atoms with Gasteiger partial charge in [-0.05, 0) is 51.4 Å². The van der Waals surface area contributed by atoms with Crippen LogP contribution in [-0.2, 0) is 9.59 Å². The highest BCUT2D eigenvalue weighted by molar-refractivity contribution is 5.81. The summed E-state index contributed by atoms with van der Waals surface area (Å²) in [6, 6.07) is 0.792. The van der Waals surface area contributed by atoms with Gasteiger partial charge >= 0.3 is 0 Å². The normalized spacial score (nSPS) is 29.6. The summed E-state index contributed by atoms with van der Waals surface area (Å²) in [6.45, 7) is 0. The Morgan fingerprint density at radius 3 is 1.16 bits per heavy atom. The second-order valence-corrected chi connectivity index (χ2v) is 8.59. The smallest absolute Gasteiger partial charge is 0.223 e. The van der Waals surface area contributed by atoms with Crippen molar-refractivity contribution in [1.82, 2.24) is 10.6 Å². The third-order valence-electron chi connectivity index (χ3n) is 6.62. The molecule has 0 atom stereocenters. The van der Waals surface area contributed by atoms with E-state index in [9.17, 15) is 9.59 Å². The number of hydrogen-bond acceptors (Lipinski definition) is 2. The molecular weight excluding hydrogens is 312 g/mol. The Labute approximate surface area is 152 Å². The second kappa shape index (κ2) is 9.59. The van der Waals surface area contributed by atoms with E-state index in [1.165, 1.54) is 44.9 Å². The van der Waals surface area contributed by atoms with E-state index in [1.54, 1.807) is 0 Å². The molecule has 3 aliphatic carbocycles. The van der Waals surface area contributed by atoms with Gasteiger partial charge in [-0.2, -0.15) is 0 Å². The number of nitrogens with one attached hydrogen (secondary N) is 2. The van der Waals surface area contributed by atoms with E-state index >= 15 is 0 Å². The summed E-state index contributed by atoms with van der Waals surface area (Å²) in [6.07, 6.45) is 17.0. The molecule has 2 N–H and O–H groups in total. The fraction of sp³-hybridized carbons (Fsp3) is 0.905. The van der Waals surface area contributed by atoms with Gasteiger partial charge in [0.2, 0.25) is 11.8 Å². The molecule has 0 heterocycles. The maximum absolute atomic E-state index is 12.6. The molecule has 0 aromatic heterocycles. The van der Waals surface area contributed by atoms with Gasteiger partial charge in [0.1, 0.15) is 0 Å². The van der Waals surface area contributed by atoms with Crippen LogP contribution in [-0.4, -0.2) is 23.9 Å². The van der Waals surface area contributed by atoms with E-state index in [2.05, 4.69) is 10.6 Å². The van der Waals surface area contributed by atoms with Crippen LogP contribution in [0.5, 0.6) is 0 Å². The van der Waals surface area contributed by atoms with Gasteiger partial charge in [-0.25, -0.2) is 0 Å². The van der Waals surface area contributed by atoms with Gasteiger partial charge in [0.05, 0.1) is 0 Å². The first-order chi connectivity index (χ1) is 12.2. The Hall–Kier alpha value is -1.06. The molecule has 0 radical (unpaired) electrons. The SMILES string of the molecule is O=C(NC1CCCCCC1)C1CCC(C(=O)NC2CCCCC2)CC1. The molecule has 0 aliphatic heterocycles. The van der Waals surface area contributed by atoms with Gasteiger partial charge in [-0.1, -0.05) is 44.9 Å². The van der Waals surface area contributed by atoms with Crippen LogP contribution in [0.3, 0.4) is 0 Å². The fourth-order valence-corrected chi connectivity index (χ4v) is 4.93. The van der Waals surface area contributed by atoms with E-state index < -0.39 is 0 Å². The van der Waals surface area contributed by atoms with Crippen LogP contribution in [0.4, 0.5) is 0 Å². The van der Waals surface area contributed by atoms with Crippen LogP contribution >= 0.6 is 0 Å². The molecule has 0 saturated heterocycles. The quantitative estimate of drug-likeness (QED) is 0.752. The first kappa shape index (κ1) is 18.7. The zero-order chi connectivity index (χ0) is 17.5. The van der Waals surface area contributed by atoms with Crippen LogP contribution in [0.1, 0.15) is 96.3 Å². The predicted molar refractivity (Wildman–Crippen MR) is 100 cm³/mol. The molecular formula is C21H36N2O2. The summed E-state index contributed by atoms with van der Waals surface area (Å²) in [5, 5.41) is 6.56. The molecule has 0 bridgehead atoms. The van der Waals surface area contributed by atoms with E-state index in [0.29, 0.717) is 12.1 Å². The molecule has 25 heavy (non-hydrogen) atoms. The Morgan fingerprint density at radius 2 is 0.800 bits per heavy atom. The molecule has 2 amide bonds. The van der Waals surface area contributed by atoms with Gasteiger partial charge in [-0.15, -0.1) is 0 Å². The number of carbonyl (C=O) groups excluding carboxylic acids is 2. The van der Waals surface area contributed by atoms with Crippen LogP contribution in [0.25, 0.3) is 0 Å². The topological polar surface area (TPSA) is 58.2 Å². The Balaban J connectivity index is 1.38. The van der Waals surface area contributed by atoms with Crippen molar-refractivity contribution in [3.63, 3.8) is 0 Å². The highest BCUT2D eigenvalue weighted by Gasteiger charge is 2.31. The van der Waals surface area contributed by atoms with E-state index in [4.69, 9.17) is 0 Å². The van der Waals surface area contributed by atoms with Crippen molar-refractivity contribution in [3.8, 4) is 0 Å².